The second-order valence-electron chi connectivity index (χ2n) is 4.48. The zero-order valence-electron chi connectivity index (χ0n) is 11.4. The van der Waals surface area contributed by atoms with Crippen molar-refractivity contribution in [1.82, 2.24) is 9.97 Å². The fourth-order valence-corrected chi connectivity index (χ4v) is 2.86. The molecule has 0 radical (unpaired) electrons. The van der Waals surface area contributed by atoms with Gasteiger partial charge in [-0.1, -0.05) is 17.4 Å². The Morgan fingerprint density at radius 2 is 2.10 bits per heavy atom. The second-order valence-corrected chi connectivity index (χ2v) is 5.51. The van der Waals surface area contributed by atoms with Crippen molar-refractivity contribution < 1.29 is 4.74 Å². The normalized spacial score (nSPS) is 10.7. The maximum atomic E-state index is 5.22. The SMILES string of the molecule is COc1ccc2nc(NCc3cccc(C)n3)sc2c1. The summed E-state index contributed by atoms with van der Waals surface area (Å²) in [5.74, 6) is 0.855. The van der Waals surface area contributed by atoms with E-state index in [2.05, 4.69) is 15.3 Å². The van der Waals surface area contributed by atoms with E-state index in [-0.39, 0.29) is 0 Å². The molecule has 0 saturated heterocycles. The Kier molecular flexibility index (Phi) is 3.52. The van der Waals surface area contributed by atoms with Crippen LogP contribution < -0.4 is 10.1 Å². The molecule has 0 aliphatic rings. The molecule has 2 heterocycles. The third kappa shape index (κ3) is 2.72. The molecule has 1 N–H and O–H groups in total. The molecule has 0 aliphatic carbocycles. The predicted octanol–water partition coefficient (Wildman–Crippen LogP) is 3.62. The Morgan fingerprint density at radius 3 is 2.90 bits per heavy atom. The summed E-state index contributed by atoms with van der Waals surface area (Å²) >= 11 is 1.62. The summed E-state index contributed by atoms with van der Waals surface area (Å²) in [6, 6.07) is 11.9. The van der Waals surface area contributed by atoms with Crippen LogP contribution in [-0.2, 0) is 6.54 Å². The first kappa shape index (κ1) is 12.9. The highest BCUT2D eigenvalue weighted by Gasteiger charge is 2.05. The molecule has 4 nitrogen and oxygen atoms in total. The molecule has 0 fully saturated rings. The van der Waals surface area contributed by atoms with E-state index >= 15 is 0 Å². The molecule has 0 atom stereocenters. The number of aromatic nitrogens is 2. The monoisotopic (exact) mass is 285 g/mol. The van der Waals surface area contributed by atoms with Crippen molar-refractivity contribution in [3.63, 3.8) is 0 Å². The van der Waals surface area contributed by atoms with E-state index in [0.717, 1.165) is 32.5 Å². The summed E-state index contributed by atoms with van der Waals surface area (Å²) in [5, 5.41) is 4.22. The number of rotatable bonds is 4. The lowest BCUT2D eigenvalue weighted by Crippen LogP contribution is -2.01. The van der Waals surface area contributed by atoms with Crippen LogP contribution in [0.3, 0.4) is 0 Å². The minimum Gasteiger partial charge on any atom is -0.497 e. The number of methoxy groups -OCH3 is 1. The van der Waals surface area contributed by atoms with Crippen LogP contribution >= 0.6 is 11.3 Å². The van der Waals surface area contributed by atoms with Crippen molar-refractivity contribution in [2.24, 2.45) is 0 Å². The molecule has 20 heavy (non-hydrogen) atoms. The quantitative estimate of drug-likeness (QED) is 0.795. The van der Waals surface area contributed by atoms with Crippen LogP contribution in [0, 0.1) is 6.92 Å². The summed E-state index contributed by atoms with van der Waals surface area (Å²) < 4.78 is 6.34. The molecule has 0 amide bonds. The third-order valence-corrected chi connectivity index (χ3v) is 3.94. The largest absolute Gasteiger partial charge is 0.497 e. The number of hydrogen-bond donors (Lipinski definition) is 1. The molecule has 0 saturated carbocycles. The Morgan fingerprint density at radius 1 is 1.20 bits per heavy atom. The van der Waals surface area contributed by atoms with Gasteiger partial charge in [0.1, 0.15) is 5.75 Å². The lowest BCUT2D eigenvalue weighted by Gasteiger charge is -2.02. The van der Waals surface area contributed by atoms with Crippen LogP contribution in [0.1, 0.15) is 11.4 Å². The van der Waals surface area contributed by atoms with E-state index in [1.165, 1.54) is 0 Å². The number of nitrogens with zero attached hydrogens (tertiary/aromatic N) is 2. The molecule has 1 aromatic carbocycles. The minimum atomic E-state index is 0.679. The van der Waals surface area contributed by atoms with Gasteiger partial charge in [-0.15, -0.1) is 0 Å². The Labute approximate surface area is 121 Å². The summed E-state index contributed by atoms with van der Waals surface area (Å²) in [4.78, 5) is 9.01. The van der Waals surface area contributed by atoms with Crippen molar-refractivity contribution in [2.45, 2.75) is 13.5 Å². The van der Waals surface area contributed by atoms with Crippen LogP contribution in [0.15, 0.2) is 36.4 Å². The highest BCUT2D eigenvalue weighted by Crippen LogP contribution is 2.29. The fourth-order valence-electron chi connectivity index (χ4n) is 1.97. The molecule has 5 heteroatoms. The summed E-state index contributed by atoms with van der Waals surface area (Å²) in [7, 11) is 1.67. The smallest absolute Gasteiger partial charge is 0.184 e. The number of hydrogen-bond acceptors (Lipinski definition) is 5. The topological polar surface area (TPSA) is 47.0 Å². The molecule has 2 aromatic heterocycles. The molecule has 102 valence electrons. The Hall–Kier alpha value is -2.14. The van der Waals surface area contributed by atoms with Crippen molar-refractivity contribution in [1.29, 1.82) is 0 Å². The lowest BCUT2D eigenvalue weighted by atomic mass is 10.3. The van der Waals surface area contributed by atoms with Gasteiger partial charge in [-0.3, -0.25) is 4.98 Å². The molecular weight excluding hydrogens is 270 g/mol. The van der Waals surface area contributed by atoms with Gasteiger partial charge in [0.15, 0.2) is 5.13 Å². The molecule has 0 unspecified atom stereocenters. The average Bonchev–Trinajstić information content (AvgIpc) is 2.87. The number of pyridine rings is 1. The molecule has 3 aromatic rings. The summed E-state index contributed by atoms with van der Waals surface area (Å²) in [6.07, 6.45) is 0. The van der Waals surface area contributed by atoms with Crippen LogP contribution in [0.5, 0.6) is 5.75 Å². The first-order valence-corrected chi connectivity index (χ1v) is 7.17. The molecule has 3 rings (SSSR count). The van der Waals surface area contributed by atoms with Gasteiger partial charge >= 0.3 is 0 Å². The van der Waals surface area contributed by atoms with Gasteiger partial charge in [-0.05, 0) is 37.3 Å². The first-order valence-electron chi connectivity index (χ1n) is 6.35. The highest BCUT2D eigenvalue weighted by molar-refractivity contribution is 7.22. The van der Waals surface area contributed by atoms with E-state index < -0.39 is 0 Å². The Balaban J connectivity index is 1.77. The zero-order valence-corrected chi connectivity index (χ0v) is 12.2. The number of ether oxygens (including phenoxy) is 1. The summed E-state index contributed by atoms with van der Waals surface area (Å²) in [6.45, 7) is 2.67. The molecule has 0 spiro atoms. The molecule has 0 bridgehead atoms. The van der Waals surface area contributed by atoms with Crippen molar-refractivity contribution >= 4 is 26.7 Å². The molecular formula is C15H15N3OS. The minimum absolute atomic E-state index is 0.679. The van der Waals surface area contributed by atoms with E-state index in [0.29, 0.717) is 6.54 Å². The number of nitrogens with one attached hydrogen (secondary N) is 1. The standard InChI is InChI=1S/C15H15N3OS/c1-10-4-3-5-11(17-10)9-16-15-18-13-7-6-12(19-2)8-14(13)20-15/h3-8H,9H2,1-2H3,(H,16,18). The predicted molar refractivity (Wildman–Crippen MR) is 82.5 cm³/mol. The fraction of sp³-hybridized carbons (Fsp3) is 0.200. The maximum Gasteiger partial charge on any atom is 0.184 e. The first-order chi connectivity index (χ1) is 9.74. The van der Waals surface area contributed by atoms with Crippen molar-refractivity contribution in [2.75, 3.05) is 12.4 Å². The van der Waals surface area contributed by atoms with Gasteiger partial charge in [0.25, 0.3) is 0 Å². The van der Waals surface area contributed by atoms with E-state index in [4.69, 9.17) is 4.74 Å². The van der Waals surface area contributed by atoms with Gasteiger partial charge in [0.05, 0.1) is 29.6 Å². The van der Waals surface area contributed by atoms with Crippen LogP contribution in [-0.4, -0.2) is 17.1 Å². The number of benzene rings is 1. The van der Waals surface area contributed by atoms with Gasteiger partial charge in [0.2, 0.25) is 0 Å². The number of aryl methyl sites for hydroxylation is 1. The van der Waals surface area contributed by atoms with Crippen LogP contribution in [0.4, 0.5) is 5.13 Å². The van der Waals surface area contributed by atoms with Gasteiger partial charge in [-0.25, -0.2) is 4.98 Å². The summed E-state index contributed by atoms with van der Waals surface area (Å²) in [5.41, 5.74) is 3.02. The number of thiazole rings is 1. The maximum absolute atomic E-state index is 5.22. The number of fused-ring (bicyclic) bond motifs is 1. The van der Waals surface area contributed by atoms with Gasteiger partial charge < -0.3 is 10.1 Å². The lowest BCUT2D eigenvalue weighted by molar-refractivity contribution is 0.415. The van der Waals surface area contributed by atoms with E-state index in [1.807, 2.05) is 43.3 Å². The average molecular weight is 285 g/mol. The molecule has 0 aliphatic heterocycles. The van der Waals surface area contributed by atoms with Crippen molar-refractivity contribution in [3.05, 3.63) is 47.8 Å². The van der Waals surface area contributed by atoms with Crippen LogP contribution in [0.25, 0.3) is 10.2 Å². The Bertz CT molecular complexity index is 739. The van der Waals surface area contributed by atoms with Gasteiger partial charge in [0, 0.05) is 5.69 Å². The third-order valence-electron chi connectivity index (χ3n) is 2.96. The number of anilines is 1. The van der Waals surface area contributed by atoms with E-state index in [9.17, 15) is 0 Å². The highest BCUT2D eigenvalue weighted by atomic mass is 32.1. The van der Waals surface area contributed by atoms with Gasteiger partial charge in [-0.2, -0.15) is 0 Å². The van der Waals surface area contributed by atoms with E-state index in [1.54, 1.807) is 18.4 Å². The second kappa shape index (κ2) is 5.46. The van der Waals surface area contributed by atoms with Crippen LogP contribution in [0.2, 0.25) is 0 Å². The zero-order chi connectivity index (χ0) is 13.9. The van der Waals surface area contributed by atoms with Crippen molar-refractivity contribution in [3.8, 4) is 5.75 Å².